The lowest BCUT2D eigenvalue weighted by Gasteiger charge is -2.36. The van der Waals surface area contributed by atoms with E-state index in [1.165, 1.54) is 5.56 Å². The Bertz CT molecular complexity index is 442. The molecule has 1 aliphatic rings. The minimum Gasteiger partial charge on any atom is -0.389 e. The van der Waals surface area contributed by atoms with Crippen LogP contribution in [-0.4, -0.2) is 35.1 Å². The molecule has 0 radical (unpaired) electrons. The number of aryl methyl sites for hydroxylation is 1. The Morgan fingerprint density at radius 2 is 1.94 bits per heavy atom. The van der Waals surface area contributed by atoms with Crippen LogP contribution in [0.4, 0.5) is 0 Å². The van der Waals surface area contributed by atoms with E-state index >= 15 is 0 Å². The third kappa shape index (κ3) is 2.74. The summed E-state index contributed by atoms with van der Waals surface area (Å²) in [7, 11) is 0. The Hall–Kier alpha value is -1.61. The fraction of sp³-hybridized carbons (Fsp3) is 0.357. The van der Waals surface area contributed by atoms with Crippen LogP contribution < -0.4 is 0 Å². The molecule has 1 N–H and O–H groups in total. The van der Waals surface area contributed by atoms with Crippen LogP contribution in [0.2, 0.25) is 0 Å². The quantitative estimate of drug-likeness (QED) is 0.785. The van der Waals surface area contributed by atoms with Crippen molar-refractivity contribution in [1.29, 1.82) is 0 Å². The van der Waals surface area contributed by atoms with Gasteiger partial charge >= 0.3 is 0 Å². The molecule has 1 fully saturated rings. The molecule has 17 heavy (non-hydrogen) atoms. The number of aliphatic hydroxyl groups excluding tert-OH is 1. The molecule has 0 atom stereocenters. The normalized spacial score (nSPS) is 16.9. The summed E-state index contributed by atoms with van der Waals surface area (Å²) in [5.41, 5.74) is 2.94. The van der Waals surface area contributed by atoms with Gasteiger partial charge in [-0.2, -0.15) is 0 Å². The number of benzene rings is 1. The van der Waals surface area contributed by atoms with Crippen LogP contribution in [0.15, 0.2) is 29.8 Å². The third-order valence-corrected chi connectivity index (χ3v) is 2.95. The lowest BCUT2D eigenvalue weighted by atomic mass is 10.1. The molecule has 1 heterocycles. The van der Waals surface area contributed by atoms with E-state index in [1.807, 2.05) is 44.2 Å². The highest BCUT2D eigenvalue weighted by Crippen LogP contribution is 2.14. The number of nitrogens with zero attached hydrogens (tertiary/aromatic N) is 1. The van der Waals surface area contributed by atoms with Crippen LogP contribution in [0, 0.1) is 6.92 Å². The first-order chi connectivity index (χ1) is 8.06. The van der Waals surface area contributed by atoms with E-state index in [1.54, 1.807) is 4.90 Å². The molecule has 1 aromatic carbocycles. The zero-order valence-electron chi connectivity index (χ0n) is 10.2. The van der Waals surface area contributed by atoms with Gasteiger partial charge in [0.15, 0.2) is 0 Å². The molecule has 3 heteroatoms. The van der Waals surface area contributed by atoms with E-state index in [9.17, 15) is 4.79 Å². The molecule has 0 aliphatic carbocycles. The average molecular weight is 231 g/mol. The Morgan fingerprint density at radius 3 is 2.47 bits per heavy atom. The van der Waals surface area contributed by atoms with Crippen molar-refractivity contribution in [3.63, 3.8) is 0 Å². The van der Waals surface area contributed by atoms with Gasteiger partial charge in [-0.1, -0.05) is 29.8 Å². The van der Waals surface area contributed by atoms with Gasteiger partial charge < -0.3 is 10.0 Å². The van der Waals surface area contributed by atoms with Crippen molar-refractivity contribution < 1.29 is 9.90 Å². The number of rotatable bonds is 2. The van der Waals surface area contributed by atoms with Gasteiger partial charge in [0.1, 0.15) is 0 Å². The van der Waals surface area contributed by atoms with Crippen LogP contribution in [0.5, 0.6) is 0 Å². The van der Waals surface area contributed by atoms with Crippen molar-refractivity contribution in [2.45, 2.75) is 20.0 Å². The molecular formula is C14H17NO2. The van der Waals surface area contributed by atoms with Gasteiger partial charge in [-0.05, 0) is 25.5 Å². The maximum Gasteiger partial charge on any atom is 0.249 e. The minimum absolute atomic E-state index is 0.0101. The van der Waals surface area contributed by atoms with Gasteiger partial charge in [0, 0.05) is 18.7 Å². The van der Waals surface area contributed by atoms with E-state index in [0.717, 1.165) is 5.56 Å². The molecule has 3 nitrogen and oxygen atoms in total. The highest BCUT2D eigenvalue weighted by Gasteiger charge is 2.29. The first-order valence-corrected chi connectivity index (χ1v) is 5.78. The number of amides is 1. The molecular weight excluding hydrogens is 214 g/mol. The number of hydrogen-bond acceptors (Lipinski definition) is 2. The van der Waals surface area contributed by atoms with Crippen LogP contribution in [0.3, 0.4) is 0 Å². The summed E-state index contributed by atoms with van der Waals surface area (Å²) >= 11 is 0. The molecule has 1 saturated heterocycles. The summed E-state index contributed by atoms with van der Waals surface area (Å²) in [4.78, 5) is 13.5. The van der Waals surface area contributed by atoms with Gasteiger partial charge in [0.05, 0.1) is 6.10 Å². The molecule has 90 valence electrons. The fourth-order valence-electron chi connectivity index (χ4n) is 1.84. The molecule has 1 amide bonds. The standard InChI is InChI=1S/C14H17NO2/c1-10-3-5-12(6-4-10)7-11(2)14(17)15-8-13(16)9-15/h3-7,13,16H,8-9H2,1-2H3/b11-7-. The maximum atomic E-state index is 11.9. The molecule has 0 spiro atoms. The summed E-state index contributed by atoms with van der Waals surface area (Å²) in [6, 6.07) is 8.04. The molecule has 1 aliphatic heterocycles. The smallest absolute Gasteiger partial charge is 0.249 e. The van der Waals surface area contributed by atoms with E-state index in [4.69, 9.17) is 5.11 Å². The van der Waals surface area contributed by atoms with Crippen molar-refractivity contribution in [2.75, 3.05) is 13.1 Å². The predicted octanol–water partition coefficient (Wildman–Crippen LogP) is 1.60. The first-order valence-electron chi connectivity index (χ1n) is 5.78. The van der Waals surface area contributed by atoms with E-state index in [-0.39, 0.29) is 12.0 Å². The fourth-order valence-corrected chi connectivity index (χ4v) is 1.84. The zero-order chi connectivity index (χ0) is 12.4. The maximum absolute atomic E-state index is 11.9. The van der Waals surface area contributed by atoms with Gasteiger partial charge in [-0.15, -0.1) is 0 Å². The SMILES string of the molecule is C/C(=C/c1ccc(C)cc1)C(=O)N1CC(O)C1. The molecule has 1 aromatic rings. The van der Waals surface area contributed by atoms with Gasteiger partial charge in [0.25, 0.3) is 0 Å². The van der Waals surface area contributed by atoms with E-state index in [2.05, 4.69) is 0 Å². The Balaban J connectivity index is 2.06. The molecule has 2 rings (SSSR count). The first kappa shape index (κ1) is 11.9. The number of likely N-dealkylation sites (tertiary alicyclic amines) is 1. The Morgan fingerprint density at radius 1 is 1.35 bits per heavy atom. The summed E-state index contributed by atoms with van der Waals surface area (Å²) in [5, 5.41) is 9.16. The largest absolute Gasteiger partial charge is 0.389 e. The highest BCUT2D eigenvalue weighted by atomic mass is 16.3. The molecule has 0 saturated carbocycles. The highest BCUT2D eigenvalue weighted by molar-refractivity contribution is 5.97. The number of carbonyl (C=O) groups is 1. The van der Waals surface area contributed by atoms with Crippen molar-refractivity contribution in [1.82, 2.24) is 4.90 Å². The van der Waals surface area contributed by atoms with Crippen molar-refractivity contribution in [3.05, 3.63) is 41.0 Å². The number of hydrogen-bond donors (Lipinski definition) is 1. The second-order valence-corrected chi connectivity index (χ2v) is 4.60. The van der Waals surface area contributed by atoms with Crippen molar-refractivity contribution >= 4 is 12.0 Å². The monoisotopic (exact) mass is 231 g/mol. The lowest BCUT2D eigenvalue weighted by molar-refractivity contribution is -0.136. The summed E-state index contributed by atoms with van der Waals surface area (Å²) < 4.78 is 0. The lowest BCUT2D eigenvalue weighted by Crippen LogP contribution is -2.53. The molecule has 0 aromatic heterocycles. The second-order valence-electron chi connectivity index (χ2n) is 4.60. The number of carbonyl (C=O) groups excluding carboxylic acids is 1. The summed E-state index contributed by atoms with van der Waals surface area (Å²) in [6.45, 7) is 4.76. The summed E-state index contributed by atoms with van der Waals surface area (Å²) in [6.07, 6.45) is 1.54. The topological polar surface area (TPSA) is 40.5 Å². The number of aliphatic hydroxyl groups is 1. The Labute approximate surface area is 101 Å². The second kappa shape index (κ2) is 4.72. The van der Waals surface area contributed by atoms with Crippen LogP contribution >= 0.6 is 0 Å². The van der Waals surface area contributed by atoms with Gasteiger partial charge in [-0.3, -0.25) is 4.79 Å². The Kier molecular flexibility index (Phi) is 3.29. The molecule has 0 unspecified atom stereocenters. The van der Waals surface area contributed by atoms with E-state index in [0.29, 0.717) is 18.7 Å². The average Bonchev–Trinajstić information content (AvgIpc) is 2.27. The number of β-amino-alcohol motifs (C(OH)–C–C–N with tert-alkyl or cyclic N) is 1. The minimum atomic E-state index is -0.342. The van der Waals surface area contributed by atoms with Crippen LogP contribution in [-0.2, 0) is 4.79 Å². The van der Waals surface area contributed by atoms with Crippen molar-refractivity contribution in [3.8, 4) is 0 Å². The van der Waals surface area contributed by atoms with E-state index < -0.39 is 0 Å². The van der Waals surface area contributed by atoms with Crippen LogP contribution in [0.1, 0.15) is 18.1 Å². The van der Waals surface area contributed by atoms with Gasteiger partial charge in [-0.25, -0.2) is 0 Å². The molecule has 0 bridgehead atoms. The van der Waals surface area contributed by atoms with Gasteiger partial charge in [0.2, 0.25) is 5.91 Å². The third-order valence-electron chi connectivity index (χ3n) is 2.95. The zero-order valence-corrected chi connectivity index (χ0v) is 10.2. The van der Waals surface area contributed by atoms with Crippen LogP contribution in [0.25, 0.3) is 6.08 Å². The predicted molar refractivity (Wildman–Crippen MR) is 67.4 cm³/mol. The van der Waals surface area contributed by atoms with Crippen molar-refractivity contribution in [2.24, 2.45) is 0 Å². The summed E-state index contributed by atoms with van der Waals surface area (Å²) in [5.74, 6) is 0.0101.